The number of H-pyrrole nitrogens is 1. The second-order valence-corrected chi connectivity index (χ2v) is 8.49. The maximum Gasteiger partial charge on any atom is 0.166 e. The second kappa shape index (κ2) is 10.3. The van der Waals surface area contributed by atoms with E-state index in [-0.39, 0.29) is 24.8 Å². The van der Waals surface area contributed by atoms with Gasteiger partial charge in [-0.2, -0.15) is 0 Å². The van der Waals surface area contributed by atoms with Gasteiger partial charge in [-0.05, 0) is 38.8 Å². The molecular formula is C18H29Cl3N4S. The Morgan fingerprint density at radius 2 is 1.81 bits per heavy atom. The van der Waals surface area contributed by atoms with Crippen LogP contribution >= 0.6 is 48.2 Å². The van der Waals surface area contributed by atoms with Gasteiger partial charge < -0.3 is 15.2 Å². The van der Waals surface area contributed by atoms with Gasteiger partial charge in [0.1, 0.15) is 0 Å². The van der Waals surface area contributed by atoms with Crippen molar-refractivity contribution in [3.05, 3.63) is 17.2 Å². The molecule has 1 fully saturated rings. The van der Waals surface area contributed by atoms with Crippen LogP contribution in [0.5, 0.6) is 0 Å². The number of halogens is 3. The number of aromatic amines is 1. The van der Waals surface area contributed by atoms with Gasteiger partial charge in [-0.15, -0.1) is 24.8 Å². The van der Waals surface area contributed by atoms with Gasteiger partial charge in [0.15, 0.2) is 5.16 Å². The van der Waals surface area contributed by atoms with Crippen molar-refractivity contribution < 1.29 is 0 Å². The maximum atomic E-state index is 6.58. The molecule has 0 bridgehead atoms. The number of hydrogen-bond acceptors (Lipinski definition) is 4. The highest BCUT2D eigenvalue weighted by atomic mass is 35.5. The number of fused-ring (bicyclic) bond motifs is 1. The smallest absolute Gasteiger partial charge is 0.166 e. The summed E-state index contributed by atoms with van der Waals surface area (Å²) in [6.07, 6.45) is 2.31. The Bertz CT molecular complexity index is 695. The number of piperazine rings is 1. The zero-order valence-corrected chi connectivity index (χ0v) is 18.9. The molecule has 2 aromatic rings. The molecule has 0 aliphatic carbocycles. The Morgan fingerprint density at radius 1 is 1.19 bits per heavy atom. The predicted octanol–water partition coefficient (Wildman–Crippen LogP) is 5.53. The predicted molar refractivity (Wildman–Crippen MR) is 120 cm³/mol. The van der Waals surface area contributed by atoms with Crippen LogP contribution in [0.3, 0.4) is 0 Å². The number of rotatable bonds is 5. The summed E-state index contributed by atoms with van der Waals surface area (Å²) in [4.78, 5) is 10.6. The van der Waals surface area contributed by atoms with E-state index in [4.69, 9.17) is 16.6 Å². The number of anilines is 1. The quantitative estimate of drug-likeness (QED) is 0.601. The number of thioether (sulfide) groups is 1. The van der Waals surface area contributed by atoms with Gasteiger partial charge in [-0.25, -0.2) is 4.98 Å². The van der Waals surface area contributed by atoms with Crippen LogP contribution in [0.2, 0.25) is 5.02 Å². The van der Waals surface area contributed by atoms with Crippen molar-refractivity contribution in [1.82, 2.24) is 15.3 Å². The molecule has 0 amide bonds. The molecule has 0 saturated carbocycles. The fraction of sp³-hybridized carbons (Fsp3) is 0.611. The van der Waals surface area contributed by atoms with Gasteiger partial charge in [0.05, 0.1) is 21.7 Å². The van der Waals surface area contributed by atoms with Crippen molar-refractivity contribution in [2.24, 2.45) is 0 Å². The average molecular weight is 440 g/mol. The van der Waals surface area contributed by atoms with Crippen LogP contribution in [0.25, 0.3) is 11.0 Å². The van der Waals surface area contributed by atoms with Crippen LogP contribution in [0.4, 0.5) is 5.69 Å². The number of hydrogen-bond donors (Lipinski definition) is 2. The standard InChI is InChI=1S/C18H27ClN4S.2ClH/c1-5-13(6-2)24-18-21-15-7-14(19)17(8-16(15)22-18)23-9-11(3)20-12(4)10-23;;/h7-8,11-13,20H,5-6,9-10H2,1-4H3,(H,21,22);2*1H/t11-,12+;;. The normalized spacial score (nSPS) is 20.2. The molecule has 0 unspecified atom stereocenters. The number of aromatic nitrogens is 2. The summed E-state index contributed by atoms with van der Waals surface area (Å²) in [7, 11) is 0. The SMILES string of the molecule is CCC(CC)Sc1nc2cc(N3C[C@@H](C)N[C@@H](C)C3)c(Cl)cc2[nH]1.Cl.Cl. The first kappa shape index (κ1) is 23.7. The summed E-state index contributed by atoms with van der Waals surface area (Å²) >= 11 is 8.41. The third-order valence-corrected chi connectivity index (χ3v) is 6.34. The molecular weight excluding hydrogens is 411 g/mol. The van der Waals surface area contributed by atoms with E-state index in [9.17, 15) is 0 Å². The summed E-state index contributed by atoms with van der Waals surface area (Å²) < 4.78 is 0. The first-order valence-electron chi connectivity index (χ1n) is 8.87. The highest BCUT2D eigenvalue weighted by Crippen LogP contribution is 2.33. The molecule has 1 aliphatic heterocycles. The van der Waals surface area contributed by atoms with Crippen molar-refractivity contribution >= 4 is 64.9 Å². The van der Waals surface area contributed by atoms with E-state index in [0.29, 0.717) is 17.3 Å². The largest absolute Gasteiger partial charge is 0.367 e. The first-order chi connectivity index (χ1) is 11.5. The molecule has 2 atom stereocenters. The van der Waals surface area contributed by atoms with Gasteiger partial charge in [0, 0.05) is 30.4 Å². The Kier molecular flexibility index (Phi) is 9.37. The first-order valence-corrected chi connectivity index (χ1v) is 10.1. The molecule has 0 radical (unpaired) electrons. The lowest BCUT2D eigenvalue weighted by molar-refractivity contribution is 0.407. The van der Waals surface area contributed by atoms with Crippen molar-refractivity contribution in [2.45, 2.75) is 63.0 Å². The highest BCUT2D eigenvalue weighted by Gasteiger charge is 2.23. The molecule has 1 aromatic carbocycles. The van der Waals surface area contributed by atoms with E-state index >= 15 is 0 Å². The van der Waals surface area contributed by atoms with Crippen molar-refractivity contribution in [3.63, 3.8) is 0 Å². The monoisotopic (exact) mass is 438 g/mol. The summed E-state index contributed by atoms with van der Waals surface area (Å²) in [5.74, 6) is 0. The minimum absolute atomic E-state index is 0. The minimum Gasteiger partial charge on any atom is -0.367 e. The molecule has 3 rings (SSSR count). The fourth-order valence-electron chi connectivity index (χ4n) is 3.43. The lowest BCUT2D eigenvalue weighted by Gasteiger charge is -2.38. The van der Waals surface area contributed by atoms with Crippen molar-refractivity contribution in [1.29, 1.82) is 0 Å². The molecule has 1 aromatic heterocycles. The zero-order valence-electron chi connectivity index (χ0n) is 15.7. The van der Waals surface area contributed by atoms with Crippen LogP contribution in [-0.4, -0.2) is 40.4 Å². The zero-order chi connectivity index (χ0) is 17.3. The van der Waals surface area contributed by atoms with Gasteiger partial charge in [-0.1, -0.05) is 37.2 Å². The van der Waals surface area contributed by atoms with Gasteiger partial charge in [0.25, 0.3) is 0 Å². The number of imidazole rings is 1. The number of nitrogens with one attached hydrogen (secondary N) is 2. The van der Waals surface area contributed by atoms with E-state index in [1.165, 1.54) is 0 Å². The number of benzene rings is 1. The Balaban J connectivity index is 0.00000169. The molecule has 1 aliphatic rings. The van der Waals surface area contributed by atoms with Gasteiger partial charge in [-0.3, -0.25) is 0 Å². The Hall–Kier alpha value is -0.330. The molecule has 2 heterocycles. The van der Waals surface area contributed by atoms with E-state index in [1.807, 2.05) is 17.8 Å². The maximum absolute atomic E-state index is 6.58. The second-order valence-electron chi connectivity index (χ2n) is 6.79. The summed E-state index contributed by atoms with van der Waals surface area (Å²) in [5, 5.41) is 5.96. The Labute approximate surface area is 178 Å². The van der Waals surface area contributed by atoms with E-state index in [1.54, 1.807) is 0 Å². The fourth-order valence-corrected chi connectivity index (χ4v) is 4.68. The topological polar surface area (TPSA) is 44.0 Å². The number of nitrogens with zero attached hydrogens (tertiary/aromatic N) is 2. The third kappa shape index (κ3) is 5.35. The minimum atomic E-state index is 0. The summed E-state index contributed by atoms with van der Waals surface area (Å²) in [6.45, 7) is 10.8. The summed E-state index contributed by atoms with van der Waals surface area (Å²) in [5.41, 5.74) is 3.12. The van der Waals surface area contributed by atoms with Gasteiger partial charge in [0.2, 0.25) is 0 Å². The lowest BCUT2D eigenvalue weighted by atomic mass is 10.1. The molecule has 26 heavy (non-hydrogen) atoms. The van der Waals surface area contributed by atoms with E-state index in [2.05, 4.69) is 49.0 Å². The lowest BCUT2D eigenvalue weighted by Crippen LogP contribution is -2.54. The van der Waals surface area contributed by atoms with Crippen molar-refractivity contribution in [3.8, 4) is 0 Å². The molecule has 0 spiro atoms. The van der Waals surface area contributed by atoms with Crippen LogP contribution in [0.1, 0.15) is 40.5 Å². The van der Waals surface area contributed by atoms with Crippen LogP contribution in [0, 0.1) is 0 Å². The van der Waals surface area contributed by atoms with Crippen LogP contribution in [0.15, 0.2) is 17.3 Å². The van der Waals surface area contributed by atoms with Crippen LogP contribution in [-0.2, 0) is 0 Å². The van der Waals surface area contributed by atoms with Crippen LogP contribution < -0.4 is 10.2 Å². The van der Waals surface area contributed by atoms with E-state index < -0.39 is 0 Å². The molecule has 8 heteroatoms. The highest BCUT2D eigenvalue weighted by molar-refractivity contribution is 7.99. The summed E-state index contributed by atoms with van der Waals surface area (Å²) in [6, 6.07) is 5.07. The molecule has 1 saturated heterocycles. The molecule has 148 valence electrons. The molecule has 4 nitrogen and oxygen atoms in total. The van der Waals surface area contributed by atoms with E-state index in [0.717, 1.165) is 52.8 Å². The average Bonchev–Trinajstić information content (AvgIpc) is 2.92. The third-order valence-electron chi connectivity index (χ3n) is 4.62. The van der Waals surface area contributed by atoms with Gasteiger partial charge >= 0.3 is 0 Å². The Morgan fingerprint density at radius 3 is 2.38 bits per heavy atom. The molecule has 2 N–H and O–H groups in total. The van der Waals surface area contributed by atoms with Crippen molar-refractivity contribution in [2.75, 3.05) is 18.0 Å².